The molecule has 0 saturated carbocycles. The zero-order valence-electron chi connectivity index (χ0n) is 29.5. The highest BCUT2D eigenvalue weighted by Gasteiger charge is 2.47. The molecule has 1 spiro atoms. The summed E-state index contributed by atoms with van der Waals surface area (Å²) < 4.78 is 54.0. The van der Waals surface area contributed by atoms with E-state index in [9.17, 15) is 32.7 Å². The van der Waals surface area contributed by atoms with E-state index in [-0.39, 0.29) is 77.7 Å². The number of piperazine rings is 1. The molecule has 0 aliphatic carbocycles. The molecule has 19 heteroatoms. The van der Waals surface area contributed by atoms with E-state index >= 15 is 0 Å². The van der Waals surface area contributed by atoms with Crippen LogP contribution in [-0.2, 0) is 45.6 Å². The number of anilines is 2. The molecular weight excluding hydrogens is 747 g/mol. The molecule has 3 aliphatic heterocycles. The van der Waals surface area contributed by atoms with Gasteiger partial charge in [0.2, 0.25) is 11.7 Å². The number of rotatable bonds is 7. The first kappa shape index (κ1) is 36.4. The summed E-state index contributed by atoms with van der Waals surface area (Å²) in [7, 11) is 0. The minimum atomic E-state index is -4.63. The number of amides is 2. The van der Waals surface area contributed by atoms with Gasteiger partial charge in [-0.15, -0.1) is 5.10 Å². The predicted octanol–water partition coefficient (Wildman–Crippen LogP) is 3.95. The Morgan fingerprint density at radius 3 is 2.51 bits per heavy atom. The standard InChI is InChI=1S/C36H33ClF3N9O6/c1-3-26-29(46-8-10-47(11-9-46)32(52)28-30(51)19(2)41-18-42-28)33(53)49-34(48(26)14-27(50)43-25-7-5-22(13-24(25)37)36(38,39)40)44-31(45-49)20-4-6-23-21(12-20)15-55-35(23)16-54-17-35/h4-7,12-13,18,51H,3,8-11,14-17H2,1-2H3,(H,43,50). The number of ether oxygens (including phenoxy) is 2. The lowest BCUT2D eigenvalue weighted by Gasteiger charge is -2.37. The highest BCUT2D eigenvalue weighted by Crippen LogP contribution is 2.43. The maximum Gasteiger partial charge on any atom is 0.416 e. The Balaban J connectivity index is 1.16. The van der Waals surface area contributed by atoms with Crippen LogP contribution < -0.4 is 15.8 Å². The van der Waals surface area contributed by atoms with E-state index in [4.69, 9.17) is 26.1 Å². The third kappa shape index (κ3) is 6.32. The Morgan fingerprint density at radius 1 is 1.07 bits per heavy atom. The molecule has 2 fully saturated rings. The van der Waals surface area contributed by atoms with Crippen molar-refractivity contribution in [1.29, 1.82) is 0 Å². The molecule has 2 N–H and O–H groups in total. The summed E-state index contributed by atoms with van der Waals surface area (Å²) in [5, 5.41) is 17.3. The smallest absolute Gasteiger partial charge is 0.416 e. The van der Waals surface area contributed by atoms with Gasteiger partial charge < -0.3 is 34.3 Å². The van der Waals surface area contributed by atoms with Crippen LogP contribution in [0.15, 0.2) is 47.5 Å². The normalized spacial score (nSPS) is 16.4. The number of carbonyl (C=O) groups excluding carboxylic acids is 2. The second kappa shape index (κ2) is 13.6. The maximum absolute atomic E-state index is 14.4. The van der Waals surface area contributed by atoms with Gasteiger partial charge in [-0.1, -0.05) is 30.7 Å². The second-order valence-corrected chi connectivity index (χ2v) is 13.9. The summed E-state index contributed by atoms with van der Waals surface area (Å²) in [5.74, 6) is -1.14. The SMILES string of the molecule is CCc1c(N2CCN(C(=O)c3ncnc(C)c3O)CC2)c(=O)n2nc(-c3ccc4c(c3)COC43COC3)nc2n1CC(=O)Nc1ccc(C(F)(F)F)cc1Cl. The van der Waals surface area contributed by atoms with Gasteiger partial charge in [0.15, 0.2) is 17.3 Å². The van der Waals surface area contributed by atoms with Gasteiger partial charge in [0.1, 0.15) is 24.2 Å². The first-order valence-electron chi connectivity index (χ1n) is 17.4. The number of nitrogens with zero attached hydrogens (tertiary/aromatic N) is 8. The van der Waals surface area contributed by atoms with Crippen LogP contribution in [0.5, 0.6) is 5.75 Å². The van der Waals surface area contributed by atoms with E-state index < -0.39 is 41.3 Å². The van der Waals surface area contributed by atoms with Crippen LogP contribution in [0.3, 0.4) is 0 Å². The van der Waals surface area contributed by atoms with E-state index in [1.807, 2.05) is 30.0 Å². The van der Waals surface area contributed by atoms with Crippen LogP contribution in [0, 0.1) is 6.92 Å². The predicted molar refractivity (Wildman–Crippen MR) is 191 cm³/mol. The van der Waals surface area contributed by atoms with Crippen molar-refractivity contribution in [2.45, 2.75) is 45.2 Å². The molecule has 3 aromatic heterocycles. The molecule has 0 bridgehead atoms. The lowest BCUT2D eigenvalue weighted by Crippen LogP contribution is -2.51. The van der Waals surface area contributed by atoms with Crippen molar-refractivity contribution in [3.05, 3.63) is 91.9 Å². The molecule has 55 heavy (non-hydrogen) atoms. The molecule has 2 aromatic carbocycles. The molecule has 0 radical (unpaired) electrons. The van der Waals surface area contributed by atoms with Gasteiger partial charge >= 0.3 is 6.18 Å². The van der Waals surface area contributed by atoms with E-state index in [0.717, 1.165) is 33.8 Å². The molecule has 6 heterocycles. The van der Waals surface area contributed by atoms with Crippen LogP contribution in [-0.4, -0.2) is 90.3 Å². The molecule has 2 amide bonds. The first-order chi connectivity index (χ1) is 26.3. The Morgan fingerprint density at radius 2 is 1.84 bits per heavy atom. The summed E-state index contributed by atoms with van der Waals surface area (Å²) in [6.45, 7) is 5.06. The molecule has 5 aromatic rings. The van der Waals surface area contributed by atoms with Gasteiger partial charge in [-0.2, -0.15) is 22.7 Å². The van der Waals surface area contributed by atoms with Gasteiger partial charge in [0, 0.05) is 31.7 Å². The number of benzene rings is 2. The van der Waals surface area contributed by atoms with Gasteiger partial charge in [0.05, 0.1) is 47.5 Å². The quantitative estimate of drug-likeness (QED) is 0.245. The Bertz CT molecular complexity index is 2440. The summed E-state index contributed by atoms with van der Waals surface area (Å²) in [4.78, 5) is 57.3. The molecule has 0 atom stereocenters. The summed E-state index contributed by atoms with van der Waals surface area (Å²) >= 11 is 6.15. The van der Waals surface area contributed by atoms with Gasteiger partial charge in [-0.3, -0.25) is 14.4 Å². The largest absolute Gasteiger partial charge is 0.504 e. The molecule has 0 unspecified atom stereocenters. The van der Waals surface area contributed by atoms with Crippen LogP contribution in [0.4, 0.5) is 24.5 Å². The second-order valence-electron chi connectivity index (χ2n) is 13.5. The van der Waals surface area contributed by atoms with E-state index in [2.05, 4.69) is 20.4 Å². The van der Waals surface area contributed by atoms with Crippen LogP contribution >= 0.6 is 11.6 Å². The maximum atomic E-state index is 14.4. The number of carbonyl (C=O) groups is 2. The van der Waals surface area contributed by atoms with Crippen LogP contribution in [0.25, 0.3) is 17.2 Å². The molecule has 3 aliphatic rings. The van der Waals surface area contributed by atoms with Crippen molar-refractivity contribution >= 4 is 40.6 Å². The van der Waals surface area contributed by atoms with E-state index in [0.29, 0.717) is 31.1 Å². The van der Waals surface area contributed by atoms with E-state index in [1.165, 1.54) is 11.2 Å². The number of hydrogen-bond donors (Lipinski definition) is 2. The van der Waals surface area contributed by atoms with Crippen molar-refractivity contribution in [2.75, 3.05) is 49.6 Å². The molecule has 2 saturated heterocycles. The van der Waals surface area contributed by atoms with Crippen molar-refractivity contribution in [1.82, 2.24) is 34.0 Å². The van der Waals surface area contributed by atoms with Crippen molar-refractivity contribution in [3.8, 4) is 17.1 Å². The fourth-order valence-electron chi connectivity index (χ4n) is 7.20. The van der Waals surface area contributed by atoms with Gasteiger partial charge in [0.25, 0.3) is 11.5 Å². The Kier molecular flexibility index (Phi) is 9.01. The summed E-state index contributed by atoms with van der Waals surface area (Å²) in [5.41, 5.74) is 1.45. The monoisotopic (exact) mass is 779 g/mol. The van der Waals surface area contributed by atoms with Gasteiger partial charge in [-0.05, 0) is 48.7 Å². The number of nitrogens with one attached hydrogen (secondary N) is 1. The minimum Gasteiger partial charge on any atom is -0.504 e. The topological polar surface area (TPSA) is 169 Å². The van der Waals surface area contributed by atoms with Crippen LogP contribution in [0.2, 0.25) is 5.02 Å². The van der Waals surface area contributed by atoms with Crippen molar-refractivity contribution < 1.29 is 37.3 Å². The average Bonchev–Trinajstić information content (AvgIpc) is 3.77. The number of aryl methyl sites for hydroxylation is 1. The molecule has 286 valence electrons. The van der Waals surface area contributed by atoms with Crippen LogP contribution in [0.1, 0.15) is 45.5 Å². The molecule has 15 nitrogen and oxygen atoms in total. The number of fused-ring (bicyclic) bond motifs is 3. The Hall–Kier alpha value is -5.59. The lowest BCUT2D eigenvalue weighted by atomic mass is 9.90. The third-order valence-corrected chi connectivity index (χ3v) is 10.5. The molecular formula is C36H33ClF3N9O6. The summed E-state index contributed by atoms with van der Waals surface area (Å²) in [6.07, 6.45) is -3.15. The number of alkyl halides is 3. The summed E-state index contributed by atoms with van der Waals surface area (Å²) in [6, 6.07) is 8.30. The van der Waals surface area contributed by atoms with Crippen molar-refractivity contribution in [2.24, 2.45) is 0 Å². The zero-order valence-corrected chi connectivity index (χ0v) is 30.2. The lowest BCUT2D eigenvalue weighted by molar-refractivity contribution is -0.209. The van der Waals surface area contributed by atoms with Crippen molar-refractivity contribution in [3.63, 3.8) is 0 Å². The van der Waals surface area contributed by atoms with E-state index in [1.54, 1.807) is 11.5 Å². The first-order valence-corrected chi connectivity index (χ1v) is 17.7. The third-order valence-electron chi connectivity index (χ3n) is 10.2. The minimum absolute atomic E-state index is 0.0298. The van der Waals surface area contributed by atoms with Gasteiger partial charge in [-0.25, -0.2) is 9.97 Å². The highest BCUT2D eigenvalue weighted by molar-refractivity contribution is 6.33. The number of aromatic nitrogens is 6. The molecule has 8 rings (SSSR count). The highest BCUT2D eigenvalue weighted by atomic mass is 35.5. The fourth-order valence-corrected chi connectivity index (χ4v) is 7.43. The fraction of sp³-hybridized carbons (Fsp3) is 0.361. The number of hydrogen-bond acceptors (Lipinski definition) is 11. The average molecular weight is 780 g/mol. The Labute approximate surface area is 315 Å². The number of aromatic hydroxyl groups is 1. The number of halogens is 4. The zero-order chi connectivity index (χ0) is 38.8.